The zero-order chi connectivity index (χ0) is 13.4. The maximum atomic E-state index is 11.8. The van der Waals surface area contributed by atoms with E-state index >= 15 is 0 Å². The number of nitrogens with one attached hydrogen (secondary N) is 1. The van der Waals surface area contributed by atoms with E-state index in [1.807, 2.05) is 0 Å². The molecule has 0 aliphatic carbocycles. The maximum Gasteiger partial charge on any atom is 0.220 e. The van der Waals surface area contributed by atoms with Crippen LogP contribution in [0.15, 0.2) is 0 Å². The monoisotopic (exact) mass is 256 g/mol. The summed E-state index contributed by atoms with van der Waals surface area (Å²) in [7, 11) is 0. The molecule has 1 saturated heterocycles. The predicted octanol–water partition coefficient (Wildman–Crippen LogP) is 1.97. The zero-order valence-electron chi connectivity index (χ0n) is 11.8. The van der Waals surface area contributed by atoms with Gasteiger partial charge in [0.15, 0.2) is 0 Å². The van der Waals surface area contributed by atoms with E-state index in [4.69, 9.17) is 10.5 Å². The summed E-state index contributed by atoms with van der Waals surface area (Å²) < 4.78 is 5.64. The van der Waals surface area contributed by atoms with E-state index in [1.165, 1.54) is 0 Å². The summed E-state index contributed by atoms with van der Waals surface area (Å²) in [5, 5.41) is 3.12. The highest BCUT2D eigenvalue weighted by Gasteiger charge is 2.29. The van der Waals surface area contributed by atoms with Gasteiger partial charge in [0.25, 0.3) is 0 Å². The molecule has 0 aromatic rings. The van der Waals surface area contributed by atoms with Gasteiger partial charge in [0.2, 0.25) is 5.91 Å². The van der Waals surface area contributed by atoms with Crippen LogP contribution in [0, 0.1) is 0 Å². The second kappa shape index (κ2) is 7.74. The number of hydrogen-bond acceptors (Lipinski definition) is 3. The molecule has 0 aromatic carbocycles. The first-order valence-corrected chi connectivity index (χ1v) is 7.17. The lowest BCUT2D eigenvalue weighted by Gasteiger charge is -2.35. The molecular formula is C14H28N2O2. The summed E-state index contributed by atoms with van der Waals surface area (Å²) in [4.78, 5) is 11.8. The number of ether oxygens (including phenoxy) is 1. The van der Waals surface area contributed by atoms with Crippen molar-refractivity contribution in [2.45, 2.75) is 70.4 Å². The van der Waals surface area contributed by atoms with Crippen LogP contribution in [-0.4, -0.2) is 30.7 Å². The normalized spacial score (nSPS) is 22.7. The molecule has 0 saturated carbocycles. The van der Waals surface area contributed by atoms with Crippen LogP contribution >= 0.6 is 0 Å². The lowest BCUT2D eigenvalue weighted by molar-refractivity contribution is -0.124. The molecule has 1 aliphatic heterocycles. The van der Waals surface area contributed by atoms with Crippen LogP contribution in [0.1, 0.15) is 58.8 Å². The summed E-state index contributed by atoms with van der Waals surface area (Å²) in [5.74, 6) is 0.186. The average Bonchev–Trinajstić information content (AvgIpc) is 2.27. The van der Waals surface area contributed by atoms with Crippen molar-refractivity contribution in [3.63, 3.8) is 0 Å². The van der Waals surface area contributed by atoms with E-state index in [2.05, 4.69) is 19.2 Å². The number of carbonyl (C=O) groups is 1. The first kappa shape index (κ1) is 15.4. The van der Waals surface area contributed by atoms with Gasteiger partial charge in [-0.1, -0.05) is 12.8 Å². The summed E-state index contributed by atoms with van der Waals surface area (Å²) in [6, 6.07) is 0.283. The Bertz CT molecular complexity index is 254. The Morgan fingerprint density at radius 2 is 2.06 bits per heavy atom. The van der Waals surface area contributed by atoms with Crippen LogP contribution in [0.2, 0.25) is 0 Å². The minimum absolute atomic E-state index is 0.0999. The fourth-order valence-electron chi connectivity index (χ4n) is 2.44. The van der Waals surface area contributed by atoms with Gasteiger partial charge in [-0.15, -0.1) is 0 Å². The summed E-state index contributed by atoms with van der Waals surface area (Å²) in [6.07, 6.45) is 6.75. The van der Waals surface area contributed by atoms with Crippen LogP contribution in [0.25, 0.3) is 0 Å². The molecule has 106 valence electrons. The Hall–Kier alpha value is -0.610. The Morgan fingerprint density at radius 3 is 2.72 bits per heavy atom. The first-order valence-electron chi connectivity index (χ1n) is 7.17. The van der Waals surface area contributed by atoms with Crippen LogP contribution in [0.5, 0.6) is 0 Å². The molecule has 1 atom stereocenters. The van der Waals surface area contributed by atoms with Crippen molar-refractivity contribution in [1.82, 2.24) is 5.32 Å². The highest BCUT2D eigenvalue weighted by atomic mass is 16.5. The number of unbranched alkanes of at least 4 members (excludes halogenated alkanes) is 3. The van der Waals surface area contributed by atoms with Gasteiger partial charge < -0.3 is 15.8 Å². The maximum absolute atomic E-state index is 11.8. The van der Waals surface area contributed by atoms with Gasteiger partial charge in [0, 0.05) is 19.1 Å². The SMILES string of the molecule is CC1(C)CC(NC(=O)CCCCCCN)CCO1. The topological polar surface area (TPSA) is 64.4 Å². The van der Waals surface area contributed by atoms with E-state index in [0.29, 0.717) is 6.42 Å². The van der Waals surface area contributed by atoms with Crippen LogP contribution in [0.4, 0.5) is 0 Å². The molecule has 1 rings (SSSR count). The molecular weight excluding hydrogens is 228 g/mol. The molecule has 0 spiro atoms. The first-order chi connectivity index (χ1) is 8.53. The predicted molar refractivity (Wildman–Crippen MR) is 73.3 cm³/mol. The molecule has 1 fully saturated rings. The number of carbonyl (C=O) groups excluding carboxylic acids is 1. The lowest BCUT2D eigenvalue weighted by atomic mass is 9.94. The third kappa shape index (κ3) is 6.36. The standard InChI is InChI=1S/C14H28N2O2/c1-14(2)11-12(8-10-18-14)16-13(17)7-5-3-4-6-9-15/h12H,3-11,15H2,1-2H3,(H,16,17). The summed E-state index contributed by atoms with van der Waals surface area (Å²) >= 11 is 0. The number of hydrogen-bond donors (Lipinski definition) is 2. The third-order valence-corrected chi connectivity index (χ3v) is 3.42. The van der Waals surface area contributed by atoms with Crippen molar-refractivity contribution in [3.8, 4) is 0 Å². The highest BCUT2D eigenvalue weighted by molar-refractivity contribution is 5.76. The van der Waals surface area contributed by atoms with Crippen LogP contribution in [-0.2, 0) is 9.53 Å². The van der Waals surface area contributed by atoms with Gasteiger partial charge in [0.05, 0.1) is 5.60 Å². The molecule has 1 unspecified atom stereocenters. The summed E-state index contributed by atoms with van der Waals surface area (Å²) in [6.45, 7) is 5.66. The second-order valence-electron chi connectivity index (χ2n) is 5.82. The fraction of sp³-hybridized carbons (Fsp3) is 0.929. The van der Waals surface area contributed by atoms with E-state index in [1.54, 1.807) is 0 Å². The van der Waals surface area contributed by atoms with Crippen LogP contribution < -0.4 is 11.1 Å². The second-order valence-corrected chi connectivity index (χ2v) is 5.82. The number of amides is 1. The molecule has 1 heterocycles. The van der Waals surface area contributed by atoms with Crippen molar-refractivity contribution >= 4 is 5.91 Å². The van der Waals surface area contributed by atoms with E-state index in [0.717, 1.165) is 51.7 Å². The third-order valence-electron chi connectivity index (χ3n) is 3.42. The van der Waals surface area contributed by atoms with E-state index in [-0.39, 0.29) is 17.6 Å². The molecule has 1 amide bonds. The van der Waals surface area contributed by atoms with Gasteiger partial charge in [-0.05, 0) is 46.1 Å². The average molecular weight is 256 g/mol. The Kier molecular flexibility index (Phi) is 6.65. The lowest BCUT2D eigenvalue weighted by Crippen LogP contribution is -2.45. The Balaban J connectivity index is 2.12. The van der Waals surface area contributed by atoms with E-state index < -0.39 is 0 Å². The largest absolute Gasteiger partial charge is 0.375 e. The molecule has 0 bridgehead atoms. The Morgan fingerprint density at radius 1 is 1.33 bits per heavy atom. The van der Waals surface area contributed by atoms with Crippen molar-refractivity contribution in [3.05, 3.63) is 0 Å². The molecule has 0 aromatic heterocycles. The Labute approximate surface area is 111 Å². The number of rotatable bonds is 7. The van der Waals surface area contributed by atoms with E-state index in [9.17, 15) is 4.79 Å². The molecule has 3 N–H and O–H groups in total. The smallest absolute Gasteiger partial charge is 0.220 e. The zero-order valence-corrected chi connectivity index (χ0v) is 11.8. The molecule has 4 nitrogen and oxygen atoms in total. The molecule has 1 aliphatic rings. The molecule has 0 radical (unpaired) electrons. The van der Waals surface area contributed by atoms with Crippen molar-refractivity contribution in [2.75, 3.05) is 13.2 Å². The van der Waals surface area contributed by atoms with Crippen molar-refractivity contribution < 1.29 is 9.53 Å². The summed E-state index contributed by atoms with van der Waals surface area (Å²) in [5.41, 5.74) is 5.33. The molecule has 18 heavy (non-hydrogen) atoms. The number of nitrogens with two attached hydrogens (primary N) is 1. The fourth-order valence-corrected chi connectivity index (χ4v) is 2.44. The van der Waals surface area contributed by atoms with Gasteiger partial charge in [0.1, 0.15) is 0 Å². The van der Waals surface area contributed by atoms with Gasteiger partial charge in [-0.3, -0.25) is 4.79 Å². The van der Waals surface area contributed by atoms with Crippen molar-refractivity contribution in [1.29, 1.82) is 0 Å². The van der Waals surface area contributed by atoms with Crippen molar-refractivity contribution in [2.24, 2.45) is 5.73 Å². The highest BCUT2D eigenvalue weighted by Crippen LogP contribution is 2.23. The van der Waals surface area contributed by atoms with Gasteiger partial charge in [-0.25, -0.2) is 0 Å². The quantitative estimate of drug-likeness (QED) is 0.684. The minimum atomic E-state index is -0.0999. The minimum Gasteiger partial charge on any atom is -0.375 e. The van der Waals surface area contributed by atoms with Gasteiger partial charge >= 0.3 is 0 Å². The molecule has 4 heteroatoms. The van der Waals surface area contributed by atoms with Crippen LogP contribution in [0.3, 0.4) is 0 Å². The van der Waals surface area contributed by atoms with Gasteiger partial charge in [-0.2, -0.15) is 0 Å².